The second-order valence-corrected chi connectivity index (χ2v) is 3.58. The van der Waals surface area contributed by atoms with Gasteiger partial charge in [0.05, 0.1) is 0 Å². The van der Waals surface area contributed by atoms with Gasteiger partial charge in [-0.3, -0.25) is 4.79 Å². The molecule has 0 saturated carbocycles. The molecular formula is C12H18N2O2. The molecule has 1 aromatic rings. The number of nitrogens with zero attached hydrogens (tertiary/aromatic N) is 1. The van der Waals surface area contributed by atoms with Gasteiger partial charge < -0.3 is 15.7 Å². The third kappa shape index (κ3) is 2.73. The van der Waals surface area contributed by atoms with E-state index in [0.29, 0.717) is 5.56 Å². The monoisotopic (exact) mass is 222 g/mol. The van der Waals surface area contributed by atoms with Gasteiger partial charge in [0.15, 0.2) is 0 Å². The van der Waals surface area contributed by atoms with Crippen LogP contribution in [-0.2, 0) is 4.79 Å². The normalized spacial score (nSPS) is 12.2. The second kappa shape index (κ2) is 5.51. The largest absolute Gasteiger partial charge is 0.480 e. The maximum absolute atomic E-state index is 10.7. The van der Waals surface area contributed by atoms with E-state index in [-0.39, 0.29) is 0 Å². The lowest BCUT2D eigenvalue weighted by Gasteiger charge is -2.21. The first-order chi connectivity index (χ1) is 7.60. The molecule has 1 aromatic carbocycles. The number of carboxylic acids is 1. The minimum absolute atomic E-state index is 0.628. The summed E-state index contributed by atoms with van der Waals surface area (Å²) in [4.78, 5) is 12.9. The van der Waals surface area contributed by atoms with Gasteiger partial charge in [-0.2, -0.15) is 0 Å². The van der Waals surface area contributed by atoms with Crippen LogP contribution in [0.4, 0.5) is 5.69 Å². The lowest BCUT2D eigenvalue weighted by Crippen LogP contribution is -2.23. The number of aliphatic carboxylic acids is 1. The average Bonchev–Trinajstić information content (AvgIpc) is 2.30. The van der Waals surface area contributed by atoms with Crippen molar-refractivity contribution in [3.05, 3.63) is 29.8 Å². The zero-order valence-electron chi connectivity index (χ0n) is 9.68. The molecule has 0 bridgehead atoms. The minimum atomic E-state index is -1.00. The number of carbonyl (C=O) groups is 1. The highest BCUT2D eigenvalue weighted by Gasteiger charge is 2.13. The Kier molecular flexibility index (Phi) is 4.31. The Morgan fingerprint density at radius 2 is 1.81 bits per heavy atom. The van der Waals surface area contributed by atoms with Gasteiger partial charge in [-0.05, 0) is 31.5 Å². The van der Waals surface area contributed by atoms with Gasteiger partial charge >= 0.3 is 5.97 Å². The smallest absolute Gasteiger partial charge is 0.325 e. The van der Waals surface area contributed by atoms with E-state index in [1.165, 1.54) is 0 Å². The van der Waals surface area contributed by atoms with Crippen molar-refractivity contribution in [2.24, 2.45) is 5.73 Å². The fraction of sp³-hybridized carbons (Fsp3) is 0.417. The summed E-state index contributed by atoms with van der Waals surface area (Å²) in [7, 11) is 0. The standard InChI is InChI=1S/C12H18N2O2/c1-3-14(4-2)10-7-5-9(6-8-10)11(13)12(15)16/h5-8,11H,3-4,13H2,1-2H3,(H,15,16)/t11-/m1/s1. The van der Waals surface area contributed by atoms with Crippen LogP contribution in [0.3, 0.4) is 0 Å². The maximum Gasteiger partial charge on any atom is 0.325 e. The molecular weight excluding hydrogens is 204 g/mol. The van der Waals surface area contributed by atoms with Gasteiger partial charge in [0.25, 0.3) is 0 Å². The van der Waals surface area contributed by atoms with Crippen molar-refractivity contribution in [1.82, 2.24) is 0 Å². The van der Waals surface area contributed by atoms with Crippen LogP contribution in [0.15, 0.2) is 24.3 Å². The Hall–Kier alpha value is -1.55. The van der Waals surface area contributed by atoms with Crippen LogP contribution in [0.25, 0.3) is 0 Å². The molecule has 0 heterocycles. The van der Waals surface area contributed by atoms with Gasteiger partial charge in [-0.15, -0.1) is 0 Å². The summed E-state index contributed by atoms with van der Waals surface area (Å²) in [5.41, 5.74) is 7.23. The van der Waals surface area contributed by atoms with Gasteiger partial charge in [-0.25, -0.2) is 0 Å². The minimum Gasteiger partial charge on any atom is -0.480 e. The van der Waals surface area contributed by atoms with Crippen molar-refractivity contribution in [1.29, 1.82) is 0 Å². The van der Waals surface area contributed by atoms with E-state index in [1.54, 1.807) is 12.1 Å². The van der Waals surface area contributed by atoms with Gasteiger partial charge in [0.2, 0.25) is 0 Å². The summed E-state index contributed by atoms with van der Waals surface area (Å²) >= 11 is 0. The molecule has 0 fully saturated rings. The fourth-order valence-electron chi connectivity index (χ4n) is 1.62. The molecule has 0 unspecified atom stereocenters. The molecule has 0 aliphatic heterocycles. The number of anilines is 1. The first-order valence-electron chi connectivity index (χ1n) is 5.43. The average molecular weight is 222 g/mol. The van der Waals surface area contributed by atoms with Crippen molar-refractivity contribution >= 4 is 11.7 Å². The Morgan fingerprint density at radius 1 is 1.31 bits per heavy atom. The van der Waals surface area contributed by atoms with E-state index in [1.807, 2.05) is 12.1 Å². The molecule has 0 aliphatic carbocycles. The zero-order valence-corrected chi connectivity index (χ0v) is 9.68. The number of nitrogens with two attached hydrogens (primary N) is 1. The van der Waals surface area contributed by atoms with Crippen LogP contribution in [0, 0.1) is 0 Å². The Balaban J connectivity index is 2.86. The SMILES string of the molecule is CCN(CC)c1ccc([C@@H](N)C(=O)O)cc1. The highest BCUT2D eigenvalue weighted by Crippen LogP contribution is 2.18. The quantitative estimate of drug-likeness (QED) is 0.794. The molecule has 16 heavy (non-hydrogen) atoms. The Morgan fingerprint density at radius 3 is 2.19 bits per heavy atom. The number of rotatable bonds is 5. The molecule has 0 aromatic heterocycles. The Labute approximate surface area is 95.7 Å². The number of hydrogen-bond acceptors (Lipinski definition) is 3. The van der Waals surface area contributed by atoms with Crippen molar-refractivity contribution < 1.29 is 9.90 Å². The Bertz CT molecular complexity index is 345. The molecule has 4 nitrogen and oxygen atoms in total. The molecule has 0 saturated heterocycles. The van der Waals surface area contributed by atoms with E-state index in [4.69, 9.17) is 10.8 Å². The van der Waals surface area contributed by atoms with Crippen LogP contribution >= 0.6 is 0 Å². The number of carboxylic acid groups (broad SMARTS) is 1. The summed E-state index contributed by atoms with van der Waals surface area (Å²) < 4.78 is 0. The summed E-state index contributed by atoms with van der Waals surface area (Å²) in [6.45, 7) is 6.03. The van der Waals surface area contributed by atoms with Crippen LogP contribution < -0.4 is 10.6 Å². The van der Waals surface area contributed by atoms with Crippen LogP contribution in [0.5, 0.6) is 0 Å². The molecule has 0 spiro atoms. The first-order valence-corrected chi connectivity index (χ1v) is 5.43. The lowest BCUT2D eigenvalue weighted by atomic mass is 10.1. The number of benzene rings is 1. The predicted molar refractivity (Wildman–Crippen MR) is 64.6 cm³/mol. The van der Waals surface area contributed by atoms with E-state index >= 15 is 0 Å². The van der Waals surface area contributed by atoms with Crippen LogP contribution in [-0.4, -0.2) is 24.2 Å². The van der Waals surface area contributed by atoms with E-state index < -0.39 is 12.0 Å². The van der Waals surface area contributed by atoms with E-state index in [0.717, 1.165) is 18.8 Å². The van der Waals surface area contributed by atoms with Crippen molar-refractivity contribution in [2.75, 3.05) is 18.0 Å². The molecule has 4 heteroatoms. The summed E-state index contributed by atoms with van der Waals surface area (Å²) in [6.07, 6.45) is 0. The third-order valence-corrected chi connectivity index (χ3v) is 2.65. The maximum atomic E-state index is 10.7. The van der Waals surface area contributed by atoms with E-state index in [2.05, 4.69) is 18.7 Å². The molecule has 88 valence electrons. The topological polar surface area (TPSA) is 66.6 Å². The molecule has 0 amide bonds. The highest BCUT2D eigenvalue weighted by molar-refractivity contribution is 5.75. The van der Waals surface area contributed by atoms with E-state index in [9.17, 15) is 4.79 Å². The first kappa shape index (κ1) is 12.5. The molecule has 1 atom stereocenters. The molecule has 0 aliphatic rings. The second-order valence-electron chi connectivity index (χ2n) is 3.58. The summed E-state index contributed by atoms with van der Waals surface area (Å²) in [5.74, 6) is -1.00. The fourth-order valence-corrected chi connectivity index (χ4v) is 1.62. The van der Waals surface area contributed by atoms with Crippen LogP contribution in [0.1, 0.15) is 25.5 Å². The van der Waals surface area contributed by atoms with Gasteiger partial charge in [0, 0.05) is 18.8 Å². The molecule has 3 N–H and O–H groups in total. The zero-order chi connectivity index (χ0) is 12.1. The van der Waals surface area contributed by atoms with Crippen molar-refractivity contribution in [2.45, 2.75) is 19.9 Å². The van der Waals surface area contributed by atoms with Gasteiger partial charge in [-0.1, -0.05) is 12.1 Å². The van der Waals surface area contributed by atoms with Crippen molar-refractivity contribution in [3.8, 4) is 0 Å². The highest BCUT2D eigenvalue weighted by atomic mass is 16.4. The molecule has 1 rings (SSSR count). The number of hydrogen-bond donors (Lipinski definition) is 2. The van der Waals surface area contributed by atoms with Gasteiger partial charge in [0.1, 0.15) is 6.04 Å². The summed E-state index contributed by atoms with van der Waals surface area (Å²) in [6, 6.07) is 6.42. The third-order valence-electron chi connectivity index (χ3n) is 2.65. The summed E-state index contributed by atoms with van der Waals surface area (Å²) in [5, 5.41) is 8.77. The van der Waals surface area contributed by atoms with Crippen molar-refractivity contribution in [3.63, 3.8) is 0 Å². The molecule has 0 radical (unpaired) electrons. The van der Waals surface area contributed by atoms with Crippen LogP contribution in [0.2, 0.25) is 0 Å². The predicted octanol–water partition coefficient (Wildman–Crippen LogP) is 1.62. The lowest BCUT2D eigenvalue weighted by molar-refractivity contribution is -0.138.